The summed E-state index contributed by atoms with van der Waals surface area (Å²) in [6, 6.07) is 0. The van der Waals surface area contributed by atoms with E-state index in [0.717, 1.165) is 103 Å². The molecule has 0 bridgehead atoms. The molecule has 14 nitrogen and oxygen atoms in total. The van der Waals surface area contributed by atoms with Crippen molar-refractivity contribution in [1.82, 2.24) is 0 Å². The molecule has 0 aromatic carbocycles. The van der Waals surface area contributed by atoms with Gasteiger partial charge in [-0.25, -0.2) is 4.57 Å². The number of ether oxygens (including phenoxy) is 2. The molecule has 1 fully saturated rings. The minimum absolute atomic E-state index is 0.0329. The van der Waals surface area contributed by atoms with E-state index in [4.69, 9.17) is 18.5 Å². The van der Waals surface area contributed by atoms with Gasteiger partial charge in [0.05, 0.1) is 6.61 Å². The van der Waals surface area contributed by atoms with Crippen LogP contribution < -0.4 is 0 Å². The summed E-state index contributed by atoms with van der Waals surface area (Å²) in [6.07, 6.45) is 31.8. The van der Waals surface area contributed by atoms with Gasteiger partial charge in [-0.1, -0.05) is 131 Å². The second kappa shape index (κ2) is 37.9. The van der Waals surface area contributed by atoms with Gasteiger partial charge in [-0.3, -0.25) is 23.4 Å². The fraction of sp³-hybridized carbons (Fsp3) is 0.653. The number of aliphatic hydroxyl groups excluding tert-OH is 5. The molecule has 0 heterocycles. The molecule has 0 spiro atoms. The number of phosphoric acid groups is 1. The summed E-state index contributed by atoms with van der Waals surface area (Å²) in [5.74, 6) is -1.07. The quantitative estimate of drug-likeness (QED) is 0.00859. The maximum Gasteiger partial charge on any atom is 0.472 e. The van der Waals surface area contributed by atoms with Crippen molar-refractivity contribution < 1.29 is 67.9 Å². The molecule has 1 saturated carbocycles. The normalized spacial score (nSPS) is 22.2. The van der Waals surface area contributed by atoms with Gasteiger partial charge in [0.25, 0.3) is 0 Å². The van der Waals surface area contributed by atoms with Crippen LogP contribution in [0.1, 0.15) is 149 Å². The van der Waals surface area contributed by atoms with Crippen LogP contribution in [0.25, 0.3) is 0 Å². The number of allylic oxidation sites excluding steroid dienone is 14. The van der Waals surface area contributed by atoms with Crippen LogP contribution in [0.2, 0.25) is 0 Å². The summed E-state index contributed by atoms with van der Waals surface area (Å²) in [6.45, 7) is 2.96. The molecule has 0 saturated heterocycles. The summed E-state index contributed by atoms with van der Waals surface area (Å²) < 4.78 is 33.4. The highest BCUT2D eigenvalue weighted by Crippen LogP contribution is 2.47. The Morgan fingerprint density at radius 1 is 0.547 bits per heavy atom. The number of rotatable bonds is 37. The number of carbonyl (C=O) groups is 3. The number of carbonyl (C=O) groups excluding carboxylic acids is 3. The highest BCUT2D eigenvalue weighted by atomic mass is 31.2. The maximum atomic E-state index is 12.8. The fourth-order valence-electron chi connectivity index (χ4n) is 6.41. The van der Waals surface area contributed by atoms with E-state index in [2.05, 4.69) is 74.6 Å². The predicted octanol–water partition coefficient (Wildman–Crippen LogP) is 8.46. The van der Waals surface area contributed by atoms with Crippen LogP contribution in [0.15, 0.2) is 85.1 Å². The van der Waals surface area contributed by atoms with E-state index in [1.807, 2.05) is 12.2 Å². The first-order chi connectivity index (χ1) is 30.8. The standard InChI is InChI=1S/C49H79O14P/c1-3-5-7-8-9-10-11-12-13-14-15-16-17-18-19-22-25-28-32-36-42(51)60-38-41(39-61-64(58,59)63-49-47(56)45(54)44(53)46(55)48(49)57)62-43(52)37-33-29-26-23-20-21-24-27-31-35-40(50)34-30-6-4-2/h5,7,9-10,12-13,15-16,18-19,24,27,31,35,41,44-49,53-57H,3-4,6,8,11,14,17,20-23,25-26,28-30,32-34,36-39H2,1-2H3,(H,58,59)/b7-5-,10-9-,13-12-,16-15-,19-18-,27-24-,35-31+/t41-,44?,45-,46+,47-,48-,49?/m1/s1. The molecule has 0 aromatic heterocycles. The van der Waals surface area contributed by atoms with Gasteiger partial charge in [-0.15, -0.1) is 0 Å². The van der Waals surface area contributed by atoms with Crippen LogP contribution in [-0.4, -0.2) is 104 Å². The topological polar surface area (TPSA) is 227 Å². The van der Waals surface area contributed by atoms with Crippen molar-refractivity contribution in [3.8, 4) is 0 Å². The van der Waals surface area contributed by atoms with E-state index >= 15 is 0 Å². The molecule has 1 rings (SSSR count). The minimum Gasteiger partial charge on any atom is -0.462 e. The first kappa shape index (κ1) is 58.7. The van der Waals surface area contributed by atoms with E-state index in [1.54, 1.807) is 12.2 Å². The Bertz CT molecular complexity index is 1500. The molecule has 364 valence electrons. The van der Waals surface area contributed by atoms with Crippen molar-refractivity contribution >= 4 is 25.5 Å². The smallest absolute Gasteiger partial charge is 0.462 e. The van der Waals surface area contributed by atoms with Gasteiger partial charge in [-0.2, -0.15) is 0 Å². The fourth-order valence-corrected chi connectivity index (χ4v) is 7.38. The number of ketones is 1. The molecule has 0 amide bonds. The molecule has 1 aliphatic rings. The highest BCUT2D eigenvalue weighted by Gasteiger charge is 2.51. The van der Waals surface area contributed by atoms with E-state index in [-0.39, 0.29) is 18.6 Å². The molecular formula is C49H79O14P. The third-order valence-corrected chi connectivity index (χ3v) is 11.2. The van der Waals surface area contributed by atoms with Crippen LogP contribution in [0.5, 0.6) is 0 Å². The van der Waals surface area contributed by atoms with Gasteiger partial charge < -0.3 is 39.9 Å². The van der Waals surface area contributed by atoms with Gasteiger partial charge in [0.1, 0.15) is 43.2 Å². The molecule has 15 heteroatoms. The van der Waals surface area contributed by atoms with Crippen LogP contribution in [0.4, 0.5) is 0 Å². The number of hydrogen-bond donors (Lipinski definition) is 6. The summed E-state index contributed by atoms with van der Waals surface area (Å²) in [7, 11) is -5.15. The van der Waals surface area contributed by atoms with Gasteiger partial charge >= 0.3 is 19.8 Å². The number of hydrogen-bond acceptors (Lipinski definition) is 13. The molecule has 3 unspecified atom stereocenters. The van der Waals surface area contributed by atoms with Crippen molar-refractivity contribution in [2.24, 2.45) is 0 Å². The second-order valence-electron chi connectivity index (χ2n) is 15.9. The summed E-state index contributed by atoms with van der Waals surface area (Å²) in [5.41, 5.74) is 0. The average molecular weight is 923 g/mol. The highest BCUT2D eigenvalue weighted by molar-refractivity contribution is 7.47. The largest absolute Gasteiger partial charge is 0.472 e. The zero-order valence-corrected chi connectivity index (χ0v) is 39.2. The summed E-state index contributed by atoms with van der Waals surface area (Å²) in [4.78, 5) is 47.5. The Morgan fingerprint density at radius 3 is 1.62 bits per heavy atom. The first-order valence-electron chi connectivity index (χ1n) is 23.3. The Hall–Kier alpha value is -3.30. The SMILES string of the molecule is CC/C=C\C/C=C\C/C=C\C/C=C\C/C=C\CCCCCC(=O)OC[C@H](COP(=O)(O)OC1[C@H](O)[C@H](O)C(O)[C@H](O)[C@H]1O)OC(=O)CCCCCCC/C=C\C=C\C(=O)CCCCC. The maximum absolute atomic E-state index is 12.8. The molecule has 8 atom stereocenters. The predicted molar refractivity (Wildman–Crippen MR) is 249 cm³/mol. The monoisotopic (exact) mass is 923 g/mol. The summed E-state index contributed by atoms with van der Waals surface area (Å²) in [5, 5.41) is 50.1. The minimum atomic E-state index is -5.15. The van der Waals surface area contributed by atoms with Gasteiger partial charge in [0.15, 0.2) is 11.9 Å². The average Bonchev–Trinajstić information content (AvgIpc) is 3.27. The van der Waals surface area contributed by atoms with Crippen molar-refractivity contribution in [2.75, 3.05) is 13.2 Å². The van der Waals surface area contributed by atoms with Crippen molar-refractivity contribution in [2.45, 2.75) is 191 Å². The molecule has 0 aliphatic heterocycles. The van der Waals surface area contributed by atoms with E-state index in [0.29, 0.717) is 19.3 Å². The molecular weight excluding hydrogens is 843 g/mol. The first-order valence-corrected chi connectivity index (χ1v) is 24.8. The number of esters is 2. The van der Waals surface area contributed by atoms with Crippen molar-refractivity contribution in [3.05, 3.63) is 85.1 Å². The van der Waals surface area contributed by atoms with Crippen molar-refractivity contribution in [1.29, 1.82) is 0 Å². The lowest BCUT2D eigenvalue weighted by Crippen LogP contribution is -2.64. The molecule has 64 heavy (non-hydrogen) atoms. The lowest BCUT2D eigenvalue weighted by atomic mass is 9.85. The lowest BCUT2D eigenvalue weighted by Gasteiger charge is -2.41. The van der Waals surface area contributed by atoms with Gasteiger partial charge in [-0.05, 0) is 83.1 Å². The van der Waals surface area contributed by atoms with Crippen molar-refractivity contribution in [3.63, 3.8) is 0 Å². The number of aliphatic hydroxyl groups is 5. The van der Waals surface area contributed by atoms with Crippen LogP contribution in [-0.2, 0) is 37.5 Å². The molecule has 6 N–H and O–H groups in total. The van der Waals surface area contributed by atoms with E-state index < -0.39 is 75.7 Å². The Balaban J connectivity index is 2.51. The van der Waals surface area contributed by atoms with Gasteiger partial charge in [0, 0.05) is 19.3 Å². The zero-order chi connectivity index (χ0) is 47.3. The van der Waals surface area contributed by atoms with E-state index in [1.165, 1.54) is 0 Å². The second-order valence-corrected chi connectivity index (χ2v) is 17.3. The van der Waals surface area contributed by atoms with Gasteiger partial charge in [0.2, 0.25) is 0 Å². The zero-order valence-electron chi connectivity index (χ0n) is 38.3. The summed E-state index contributed by atoms with van der Waals surface area (Å²) >= 11 is 0. The molecule has 1 aliphatic carbocycles. The third kappa shape index (κ3) is 30.0. The Labute approximate surface area is 382 Å². The lowest BCUT2D eigenvalue weighted by molar-refractivity contribution is -0.220. The Morgan fingerprint density at radius 2 is 1.03 bits per heavy atom. The van der Waals surface area contributed by atoms with Crippen LogP contribution in [0, 0.1) is 0 Å². The van der Waals surface area contributed by atoms with E-state index in [9.17, 15) is 49.4 Å². The Kier molecular flexibility index (Phi) is 34.7. The molecule has 0 radical (unpaired) electrons. The third-order valence-electron chi connectivity index (χ3n) is 10.2. The number of phosphoric ester groups is 1. The van der Waals surface area contributed by atoms with Crippen LogP contribution in [0.3, 0.4) is 0 Å². The van der Waals surface area contributed by atoms with Crippen LogP contribution >= 0.6 is 7.82 Å². The molecule has 0 aromatic rings. The number of unbranched alkanes of at least 4 members (excludes halogenated alkanes) is 10.